The highest BCUT2D eigenvalue weighted by atomic mass is 15.2. The van der Waals surface area contributed by atoms with Crippen molar-refractivity contribution in [2.24, 2.45) is 0 Å². The van der Waals surface area contributed by atoms with Crippen LogP contribution in [0.3, 0.4) is 0 Å². The third kappa shape index (κ3) is 9.89. The maximum atomic E-state index is 2.54. The van der Waals surface area contributed by atoms with E-state index in [4.69, 9.17) is 0 Å². The molecule has 0 radical (unpaired) electrons. The molecule has 0 aliphatic carbocycles. The van der Waals surface area contributed by atoms with Gasteiger partial charge in [0.1, 0.15) is 0 Å². The van der Waals surface area contributed by atoms with E-state index in [2.05, 4.69) is 397 Å². The molecule has 434 valence electrons. The molecular formula is C84H68N6. The van der Waals surface area contributed by atoms with Gasteiger partial charge in [-0.15, -0.1) is 0 Å². The Kier molecular flexibility index (Phi) is 14.2. The monoisotopic (exact) mass is 1160 g/mol. The Morgan fingerprint density at radius 2 is 0.378 bits per heavy atom. The molecule has 13 aromatic rings. The first-order chi connectivity index (χ1) is 44.2. The number of anilines is 18. The van der Waals surface area contributed by atoms with Crippen molar-refractivity contribution in [3.63, 3.8) is 0 Å². The highest BCUT2D eigenvalue weighted by Crippen LogP contribution is 2.60. The summed E-state index contributed by atoms with van der Waals surface area (Å²) in [5, 5.41) is 0. The quantitative estimate of drug-likeness (QED) is 0.107. The SMILES string of the molecule is CC1(C)c2cc(N(c3ccccc3)c3ccccc3)ccc2N(c2ccc(N(c3ccccc3)c3ccccc3)cc2)c2cc3c(cc21)N(c1ccc(N(c2ccccc2)c2ccccc2)cc1)c1ccc(N(c2ccccc2)c2ccccc2)cc1C3(C)C. The van der Waals surface area contributed by atoms with Crippen LogP contribution >= 0.6 is 0 Å². The highest BCUT2D eigenvalue weighted by Gasteiger charge is 2.44. The fourth-order valence-electron chi connectivity index (χ4n) is 13.7. The zero-order chi connectivity index (χ0) is 60.8. The molecule has 90 heavy (non-hydrogen) atoms. The molecule has 0 saturated heterocycles. The molecule has 0 bridgehead atoms. The van der Waals surface area contributed by atoms with Crippen molar-refractivity contribution in [3.8, 4) is 0 Å². The van der Waals surface area contributed by atoms with E-state index in [1.807, 2.05) is 0 Å². The van der Waals surface area contributed by atoms with E-state index >= 15 is 0 Å². The maximum Gasteiger partial charge on any atom is 0.0507 e. The Bertz CT molecular complexity index is 4170. The Morgan fingerprint density at radius 3 is 0.611 bits per heavy atom. The van der Waals surface area contributed by atoms with Gasteiger partial charge in [-0.05, 0) is 216 Å². The molecule has 2 aliphatic heterocycles. The van der Waals surface area contributed by atoms with Crippen molar-refractivity contribution in [3.05, 3.63) is 362 Å². The van der Waals surface area contributed by atoms with E-state index in [0.717, 1.165) is 102 Å². The lowest BCUT2D eigenvalue weighted by Gasteiger charge is -2.47. The summed E-state index contributed by atoms with van der Waals surface area (Å²) in [5.41, 5.74) is 23.7. The molecule has 2 heterocycles. The normalized spacial score (nSPS) is 13.2. The van der Waals surface area contributed by atoms with Crippen LogP contribution in [-0.2, 0) is 10.8 Å². The van der Waals surface area contributed by atoms with Gasteiger partial charge >= 0.3 is 0 Å². The maximum absolute atomic E-state index is 2.54. The molecule has 6 heteroatoms. The van der Waals surface area contributed by atoms with Crippen LogP contribution in [0.15, 0.2) is 340 Å². The molecular weight excluding hydrogens is 1090 g/mol. The predicted molar refractivity (Wildman–Crippen MR) is 379 cm³/mol. The Labute approximate surface area is 529 Å². The van der Waals surface area contributed by atoms with Gasteiger partial charge in [-0.1, -0.05) is 173 Å². The van der Waals surface area contributed by atoms with Gasteiger partial charge in [0.05, 0.1) is 22.7 Å². The van der Waals surface area contributed by atoms with Gasteiger partial charge in [0, 0.05) is 90.5 Å². The average Bonchev–Trinajstić information content (AvgIpc) is 0.703. The summed E-state index contributed by atoms with van der Waals surface area (Å²) in [5.74, 6) is 0. The summed E-state index contributed by atoms with van der Waals surface area (Å²) in [7, 11) is 0. The molecule has 0 N–H and O–H groups in total. The average molecular weight is 1160 g/mol. The number of rotatable bonds is 14. The first-order valence-corrected chi connectivity index (χ1v) is 31.1. The van der Waals surface area contributed by atoms with Gasteiger partial charge in [-0.2, -0.15) is 0 Å². The third-order valence-corrected chi connectivity index (χ3v) is 18.1. The Morgan fingerprint density at radius 1 is 0.189 bits per heavy atom. The molecule has 0 spiro atoms. The standard InChI is InChI=1S/C84H68N6/c1-83(2)75-57-73(87(65-37-21-9-22-38-65)66-39-23-10-24-40-66)53-55-79(75)89(71-49-45-69(46-50-71)85(61-29-13-5-14-30-61)62-31-15-6-16-32-62)81-60-78-82(59-77(81)83)90(72-51-47-70(48-52-72)86(63-33-17-7-18-34-63)64-35-19-8-20-36-64)80-56-54-74(58-76(80)84(78,3)4)88(67-41-25-11-26-42-67)68-43-27-12-28-44-68/h5-60H,1-4H3. The minimum Gasteiger partial charge on any atom is -0.311 e. The molecule has 0 fully saturated rings. The smallest absolute Gasteiger partial charge is 0.0507 e. The molecule has 0 saturated carbocycles. The van der Waals surface area contributed by atoms with Crippen molar-refractivity contribution in [1.29, 1.82) is 0 Å². The lowest BCUT2D eigenvalue weighted by Crippen LogP contribution is -2.35. The molecule has 0 aromatic heterocycles. The summed E-state index contributed by atoms with van der Waals surface area (Å²) in [6.45, 7) is 9.69. The van der Waals surface area contributed by atoms with Gasteiger partial charge in [-0.3, -0.25) is 0 Å². The zero-order valence-electron chi connectivity index (χ0n) is 51.0. The van der Waals surface area contributed by atoms with Crippen LogP contribution in [0.5, 0.6) is 0 Å². The van der Waals surface area contributed by atoms with Crippen molar-refractivity contribution in [1.82, 2.24) is 0 Å². The third-order valence-electron chi connectivity index (χ3n) is 18.1. The van der Waals surface area contributed by atoms with Crippen molar-refractivity contribution < 1.29 is 0 Å². The Hall–Kier alpha value is -11.3. The lowest BCUT2D eigenvalue weighted by atomic mass is 9.68. The molecule has 0 amide bonds. The summed E-state index contributed by atoms with van der Waals surface area (Å²) in [6, 6.07) is 123. The second kappa shape index (κ2) is 23.1. The number of hydrogen-bond donors (Lipinski definition) is 0. The number of benzene rings is 13. The second-order valence-corrected chi connectivity index (χ2v) is 24.3. The van der Waals surface area contributed by atoms with Crippen LogP contribution in [0.25, 0.3) is 0 Å². The van der Waals surface area contributed by atoms with Crippen LogP contribution in [0.2, 0.25) is 0 Å². The summed E-state index contributed by atoms with van der Waals surface area (Å²) < 4.78 is 0. The first kappa shape index (κ1) is 55.3. The Balaban J connectivity index is 0.950. The van der Waals surface area contributed by atoms with E-state index in [9.17, 15) is 0 Å². The van der Waals surface area contributed by atoms with Crippen molar-refractivity contribution in [2.75, 3.05) is 29.4 Å². The van der Waals surface area contributed by atoms with Gasteiger partial charge in [-0.25, -0.2) is 0 Å². The van der Waals surface area contributed by atoms with E-state index in [-0.39, 0.29) is 0 Å². The van der Waals surface area contributed by atoms with Crippen LogP contribution in [0, 0.1) is 0 Å². The summed E-state index contributed by atoms with van der Waals surface area (Å²) in [4.78, 5) is 14.5. The highest BCUT2D eigenvalue weighted by molar-refractivity contribution is 5.96. The fraction of sp³-hybridized carbons (Fsp3) is 0.0714. The molecule has 0 atom stereocenters. The van der Waals surface area contributed by atoms with Gasteiger partial charge in [0.15, 0.2) is 0 Å². The molecule has 15 rings (SSSR count). The van der Waals surface area contributed by atoms with Crippen LogP contribution in [0.4, 0.5) is 102 Å². The number of fused-ring (bicyclic) bond motifs is 4. The number of hydrogen-bond acceptors (Lipinski definition) is 6. The van der Waals surface area contributed by atoms with E-state index in [1.54, 1.807) is 0 Å². The zero-order valence-corrected chi connectivity index (χ0v) is 51.0. The van der Waals surface area contributed by atoms with Gasteiger partial charge in [0.25, 0.3) is 0 Å². The van der Waals surface area contributed by atoms with E-state index in [0.29, 0.717) is 0 Å². The summed E-state index contributed by atoms with van der Waals surface area (Å²) >= 11 is 0. The largest absolute Gasteiger partial charge is 0.311 e. The first-order valence-electron chi connectivity index (χ1n) is 31.1. The van der Waals surface area contributed by atoms with Crippen LogP contribution < -0.4 is 29.4 Å². The fourth-order valence-corrected chi connectivity index (χ4v) is 13.7. The van der Waals surface area contributed by atoms with E-state index < -0.39 is 10.8 Å². The summed E-state index contributed by atoms with van der Waals surface area (Å²) in [6.07, 6.45) is 0. The molecule has 13 aromatic carbocycles. The number of para-hydroxylation sites is 8. The van der Waals surface area contributed by atoms with Gasteiger partial charge < -0.3 is 29.4 Å². The van der Waals surface area contributed by atoms with Crippen molar-refractivity contribution >= 4 is 102 Å². The molecule has 0 unspecified atom stereocenters. The molecule has 2 aliphatic rings. The minimum atomic E-state index is -0.496. The second-order valence-electron chi connectivity index (χ2n) is 24.3. The molecule has 6 nitrogen and oxygen atoms in total. The van der Waals surface area contributed by atoms with Crippen LogP contribution in [0.1, 0.15) is 49.9 Å². The van der Waals surface area contributed by atoms with Gasteiger partial charge in [0.2, 0.25) is 0 Å². The minimum absolute atomic E-state index is 0.496. The topological polar surface area (TPSA) is 19.4 Å². The van der Waals surface area contributed by atoms with E-state index in [1.165, 1.54) is 22.3 Å². The number of nitrogens with zero attached hydrogens (tertiary/aromatic N) is 6. The lowest BCUT2D eigenvalue weighted by molar-refractivity contribution is 0.615. The predicted octanol–water partition coefficient (Wildman–Crippen LogP) is 23.8. The van der Waals surface area contributed by atoms with Crippen LogP contribution in [-0.4, -0.2) is 0 Å². The van der Waals surface area contributed by atoms with Crippen molar-refractivity contribution in [2.45, 2.75) is 38.5 Å².